The molecule has 0 saturated carbocycles. The van der Waals surface area contributed by atoms with Crippen LogP contribution in [0.15, 0.2) is 57.4 Å². The van der Waals surface area contributed by atoms with Crippen molar-refractivity contribution in [3.63, 3.8) is 0 Å². The zero-order chi connectivity index (χ0) is 14.8. The molecule has 0 fully saturated rings. The van der Waals surface area contributed by atoms with Crippen LogP contribution in [0.2, 0.25) is 0 Å². The van der Waals surface area contributed by atoms with Gasteiger partial charge in [0.15, 0.2) is 11.4 Å². The van der Waals surface area contributed by atoms with E-state index in [4.69, 9.17) is 4.42 Å². The fraction of sp³-hybridized carbons (Fsp3) is 0.176. The number of rotatable bonds is 4. The van der Waals surface area contributed by atoms with Gasteiger partial charge >= 0.3 is 0 Å². The van der Waals surface area contributed by atoms with Crippen molar-refractivity contribution < 1.29 is 8.81 Å². The van der Waals surface area contributed by atoms with E-state index in [1.807, 2.05) is 43.3 Å². The van der Waals surface area contributed by atoms with E-state index in [0.29, 0.717) is 5.58 Å². The van der Waals surface area contributed by atoms with E-state index in [2.05, 4.69) is 21.2 Å². The Morgan fingerprint density at radius 3 is 2.71 bits per heavy atom. The Hall–Kier alpha value is -1.65. The van der Waals surface area contributed by atoms with Crippen LogP contribution in [-0.4, -0.2) is 6.54 Å². The van der Waals surface area contributed by atoms with Gasteiger partial charge < -0.3 is 9.73 Å². The number of benzene rings is 2. The van der Waals surface area contributed by atoms with Gasteiger partial charge in [0.1, 0.15) is 5.76 Å². The summed E-state index contributed by atoms with van der Waals surface area (Å²) in [6.45, 7) is 2.82. The summed E-state index contributed by atoms with van der Waals surface area (Å²) in [4.78, 5) is 0. The molecule has 0 aliphatic rings. The molecule has 0 amide bonds. The molecule has 21 heavy (non-hydrogen) atoms. The molecule has 4 heteroatoms. The van der Waals surface area contributed by atoms with Gasteiger partial charge in [0.25, 0.3) is 0 Å². The fourth-order valence-corrected chi connectivity index (χ4v) is 2.88. The Kier molecular flexibility index (Phi) is 4.08. The average Bonchev–Trinajstić information content (AvgIpc) is 2.90. The van der Waals surface area contributed by atoms with E-state index in [1.165, 1.54) is 6.07 Å². The highest BCUT2D eigenvalue weighted by Gasteiger charge is 2.19. The number of hydrogen-bond donors (Lipinski definition) is 1. The van der Waals surface area contributed by atoms with Gasteiger partial charge in [-0.1, -0.05) is 47.1 Å². The lowest BCUT2D eigenvalue weighted by molar-refractivity contribution is 0.465. The van der Waals surface area contributed by atoms with Crippen molar-refractivity contribution in [3.8, 4) is 0 Å². The summed E-state index contributed by atoms with van der Waals surface area (Å²) >= 11 is 3.48. The van der Waals surface area contributed by atoms with Gasteiger partial charge in [-0.2, -0.15) is 0 Å². The molecule has 1 N–H and O–H groups in total. The first-order chi connectivity index (χ1) is 10.2. The maximum atomic E-state index is 13.8. The lowest BCUT2D eigenvalue weighted by Gasteiger charge is -2.16. The number of nitrogens with one attached hydrogen (secondary N) is 1. The number of hydrogen-bond acceptors (Lipinski definition) is 2. The van der Waals surface area contributed by atoms with E-state index in [9.17, 15) is 4.39 Å². The predicted octanol–water partition coefficient (Wildman–Crippen LogP) is 5.03. The standard InChI is InChI=1S/C17H15BrFNO/c1-2-20-16(11-5-3-7-13(18)9-11)15-10-12-6-4-8-14(19)17(12)21-15/h3-10,16,20H,2H2,1H3. The Bertz CT molecular complexity index is 768. The van der Waals surface area contributed by atoms with E-state index in [0.717, 1.165) is 27.7 Å². The Balaban J connectivity index is 2.09. The number of halogens is 2. The summed E-state index contributed by atoms with van der Waals surface area (Å²) in [5.41, 5.74) is 1.39. The van der Waals surface area contributed by atoms with Crippen molar-refractivity contribution >= 4 is 26.9 Å². The van der Waals surface area contributed by atoms with Gasteiger partial charge in [-0.15, -0.1) is 0 Å². The van der Waals surface area contributed by atoms with Crippen molar-refractivity contribution in [2.75, 3.05) is 6.54 Å². The van der Waals surface area contributed by atoms with E-state index in [-0.39, 0.29) is 11.9 Å². The van der Waals surface area contributed by atoms with Crippen molar-refractivity contribution in [3.05, 3.63) is 70.1 Å². The number of furan rings is 1. The number of fused-ring (bicyclic) bond motifs is 1. The topological polar surface area (TPSA) is 25.2 Å². The minimum atomic E-state index is -0.330. The van der Waals surface area contributed by atoms with Crippen LogP contribution in [0.5, 0.6) is 0 Å². The second-order valence-electron chi connectivity index (χ2n) is 4.85. The molecule has 0 aliphatic carbocycles. The van der Waals surface area contributed by atoms with Crippen LogP contribution in [0.4, 0.5) is 4.39 Å². The Morgan fingerprint density at radius 1 is 1.19 bits per heavy atom. The molecule has 2 nitrogen and oxygen atoms in total. The average molecular weight is 348 g/mol. The largest absolute Gasteiger partial charge is 0.456 e. The highest BCUT2D eigenvalue weighted by Crippen LogP contribution is 2.30. The van der Waals surface area contributed by atoms with Crippen molar-refractivity contribution in [2.24, 2.45) is 0 Å². The van der Waals surface area contributed by atoms with Crippen LogP contribution in [0.3, 0.4) is 0 Å². The second-order valence-corrected chi connectivity index (χ2v) is 5.77. The molecule has 0 aliphatic heterocycles. The lowest BCUT2D eigenvalue weighted by atomic mass is 10.0. The molecule has 1 unspecified atom stereocenters. The van der Waals surface area contributed by atoms with E-state index in [1.54, 1.807) is 6.07 Å². The molecule has 1 heterocycles. The first-order valence-electron chi connectivity index (χ1n) is 6.86. The van der Waals surface area contributed by atoms with Gasteiger partial charge in [0.05, 0.1) is 6.04 Å². The third kappa shape index (κ3) is 2.87. The zero-order valence-corrected chi connectivity index (χ0v) is 13.2. The summed E-state index contributed by atoms with van der Waals surface area (Å²) in [6.07, 6.45) is 0. The maximum Gasteiger partial charge on any atom is 0.169 e. The summed E-state index contributed by atoms with van der Waals surface area (Å²) < 4.78 is 20.6. The molecular weight excluding hydrogens is 333 g/mol. The van der Waals surface area contributed by atoms with Gasteiger partial charge in [0.2, 0.25) is 0 Å². The Morgan fingerprint density at radius 2 is 2.00 bits per heavy atom. The molecule has 3 aromatic rings. The summed E-state index contributed by atoms with van der Waals surface area (Å²) in [5.74, 6) is 0.387. The monoisotopic (exact) mass is 347 g/mol. The van der Waals surface area contributed by atoms with Crippen LogP contribution in [0, 0.1) is 5.82 Å². The molecule has 0 saturated heterocycles. The molecule has 1 aromatic heterocycles. The lowest BCUT2D eigenvalue weighted by Crippen LogP contribution is -2.21. The first-order valence-corrected chi connectivity index (χ1v) is 7.65. The molecule has 0 bridgehead atoms. The van der Waals surface area contributed by atoms with Crippen LogP contribution < -0.4 is 5.32 Å². The molecule has 0 radical (unpaired) electrons. The van der Waals surface area contributed by atoms with Gasteiger partial charge in [-0.25, -0.2) is 4.39 Å². The van der Waals surface area contributed by atoms with Crippen LogP contribution in [0.25, 0.3) is 11.0 Å². The normalized spacial score (nSPS) is 12.7. The molecule has 2 aromatic carbocycles. The minimum Gasteiger partial charge on any atom is -0.456 e. The summed E-state index contributed by atoms with van der Waals surface area (Å²) in [5, 5.41) is 4.17. The quantitative estimate of drug-likeness (QED) is 0.715. The van der Waals surface area contributed by atoms with Gasteiger partial charge in [0, 0.05) is 9.86 Å². The summed E-state index contributed by atoms with van der Waals surface area (Å²) in [6, 6.07) is 14.8. The first kappa shape index (κ1) is 14.3. The molecule has 108 valence electrons. The predicted molar refractivity (Wildman–Crippen MR) is 85.8 cm³/mol. The van der Waals surface area contributed by atoms with Gasteiger partial charge in [-0.05, 0) is 36.4 Å². The molecule has 3 rings (SSSR count). The second kappa shape index (κ2) is 6.00. The van der Waals surface area contributed by atoms with E-state index < -0.39 is 0 Å². The molecule has 0 spiro atoms. The molecular formula is C17H15BrFNO. The SMILES string of the molecule is CCNC(c1cccc(Br)c1)c1cc2cccc(F)c2o1. The smallest absolute Gasteiger partial charge is 0.169 e. The van der Waals surface area contributed by atoms with Crippen LogP contribution in [0.1, 0.15) is 24.3 Å². The van der Waals surface area contributed by atoms with Crippen LogP contribution >= 0.6 is 15.9 Å². The third-order valence-corrected chi connectivity index (χ3v) is 3.88. The zero-order valence-electron chi connectivity index (χ0n) is 11.6. The highest BCUT2D eigenvalue weighted by atomic mass is 79.9. The van der Waals surface area contributed by atoms with E-state index >= 15 is 0 Å². The Labute approximate surface area is 131 Å². The van der Waals surface area contributed by atoms with Crippen molar-refractivity contribution in [2.45, 2.75) is 13.0 Å². The highest BCUT2D eigenvalue weighted by molar-refractivity contribution is 9.10. The minimum absolute atomic E-state index is 0.0979. The fourth-order valence-electron chi connectivity index (χ4n) is 2.46. The van der Waals surface area contributed by atoms with Gasteiger partial charge in [-0.3, -0.25) is 0 Å². The molecule has 1 atom stereocenters. The third-order valence-electron chi connectivity index (χ3n) is 3.39. The maximum absolute atomic E-state index is 13.8. The van der Waals surface area contributed by atoms with Crippen molar-refractivity contribution in [1.29, 1.82) is 0 Å². The van der Waals surface area contributed by atoms with Crippen molar-refractivity contribution in [1.82, 2.24) is 5.32 Å². The summed E-state index contributed by atoms with van der Waals surface area (Å²) in [7, 11) is 0. The number of para-hydroxylation sites is 1. The van der Waals surface area contributed by atoms with Crippen LogP contribution in [-0.2, 0) is 0 Å².